The predicted octanol–water partition coefficient (Wildman–Crippen LogP) is 3.54. The second-order valence-electron chi connectivity index (χ2n) is 8.07. The van der Waals surface area contributed by atoms with Crippen molar-refractivity contribution >= 4 is 11.8 Å². The molecule has 0 bridgehead atoms. The smallest absolute Gasteiger partial charge is 0.330 e. The summed E-state index contributed by atoms with van der Waals surface area (Å²) in [7, 11) is 0. The van der Waals surface area contributed by atoms with Crippen molar-refractivity contribution in [2.24, 2.45) is 11.8 Å². The standard InChI is InChI=1S/C21H28O5/c1-12(5-4-6-13(2)20(24)25)14-9-10-21(3)16(14)11-15-17(22)7-8-18(23)19(15)26-21/h6,9,12,16,18,23H,4-5,7-8,10-11H2,1-3H3,(H,24,25)/b13-6+/t12?,16-,18-,21+/m0/s1. The van der Waals surface area contributed by atoms with E-state index in [1.165, 1.54) is 5.57 Å². The van der Waals surface area contributed by atoms with Crippen LogP contribution in [0.3, 0.4) is 0 Å². The Morgan fingerprint density at radius 1 is 1.50 bits per heavy atom. The molecule has 0 spiro atoms. The normalized spacial score (nSPS) is 32.5. The number of aliphatic hydroxyl groups is 1. The molecule has 3 aliphatic rings. The number of rotatable bonds is 5. The number of hydrogen-bond acceptors (Lipinski definition) is 4. The summed E-state index contributed by atoms with van der Waals surface area (Å²) in [4.78, 5) is 23.2. The number of allylic oxidation sites excluding steroid dienone is 2. The SMILES string of the molecule is C/C(=C\CCC(C)C1=CC[C@@]2(C)OC3=C(C[C@@H]12)C(=O)CC[C@@H]3O)C(=O)O. The van der Waals surface area contributed by atoms with Gasteiger partial charge in [-0.3, -0.25) is 4.79 Å². The first-order chi connectivity index (χ1) is 12.2. The minimum atomic E-state index is -0.875. The summed E-state index contributed by atoms with van der Waals surface area (Å²) in [6.45, 7) is 5.84. The Labute approximate surface area is 154 Å². The summed E-state index contributed by atoms with van der Waals surface area (Å²) in [6, 6.07) is 0. The minimum absolute atomic E-state index is 0.103. The Balaban J connectivity index is 1.73. The summed E-state index contributed by atoms with van der Waals surface area (Å²) in [6.07, 6.45) is 7.17. The van der Waals surface area contributed by atoms with E-state index in [0.29, 0.717) is 48.5 Å². The zero-order valence-corrected chi connectivity index (χ0v) is 15.7. The van der Waals surface area contributed by atoms with Crippen molar-refractivity contribution in [1.29, 1.82) is 0 Å². The molecule has 0 aromatic rings. The maximum absolute atomic E-state index is 12.3. The molecule has 0 fully saturated rings. The number of carbonyl (C=O) groups excluding carboxylic acids is 1. The van der Waals surface area contributed by atoms with Gasteiger partial charge < -0.3 is 14.9 Å². The molecular weight excluding hydrogens is 332 g/mol. The third-order valence-electron chi connectivity index (χ3n) is 6.17. The number of fused-ring (bicyclic) bond motifs is 1. The van der Waals surface area contributed by atoms with Crippen molar-refractivity contribution in [2.45, 2.75) is 71.0 Å². The molecule has 0 saturated heterocycles. The van der Waals surface area contributed by atoms with Gasteiger partial charge >= 0.3 is 5.97 Å². The fraction of sp³-hybridized carbons (Fsp3) is 0.619. The average Bonchev–Trinajstić information content (AvgIpc) is 2.93. The Kier molecular flexibility index (Phi) is 5.11. The summed E-state index contributed by atoms with van der Waals surface area (Å²) < 4.78 is 6.21. The van der Waals surface area contributed by atoms with Crippen LogP contribution in [0.15, 0.2) is 34.6 Å². The van der Waals surface area contributed by atoms with Gasteiger partial charge in [0.05, 0.1) is 0 Å². The van der Waals surface area contributed by atoms with Crippen molar-refractivity contribution in [2.75, 3.05) is 0 Å². The number of aliphatic hydroxyl groups excluding tert-OH is 1. The third kappa shape index (κ3) is 3.37. The highest BCUT2D eigenvalue weighted by Crippen LogP contribution is 2.51. The van der Waals surface area contributed by atoms with Crippen LogP contribution in [-0.4, -0.2) is 33.7 Å². The number of ether oxygens (including phenoxy) is 1. The molecule has 3 rings (SSSR count). The molecule has 5 nitrogen and oxygen atoms in total. The van der Waals surface area contributed by atoms with E-state index in [9.17, 15) is 14.7 Å². The van der Waals surface area contributed by atoms with Gasteiger partial charge in [0.25, 0.3) is 0 Å². The average molecular weight is 360 g/mol. The lowest BCUT2D eigenvalue weighted by atomic mass is 9.74. The Hall–Kier alpha value is -1.88. The van der Waals surface area contributed by atoms with Crippen molar-refractivity contribution in [3.05, 3.63) is 34.6 Å². The lowest BCUT2D eigenvalue weighted by Gasteiger charge is -2.43. The summed E-state index contributed by atoms with van der Waals surface area (Å²) >= 11 is 0. The van der Waals surface area contributed by atoms with Gasteiger partial charge in [-0.15, -0.1) is 0 Å². The maximum atomic E-state index is 12.3. The van der Waals surface area contributed by atoms with Crippen LogP contribution in [0.2, 0.25) is 0 Å². The number of carboxylic acid groups (broad SMARTS) is 1. The fourth-order valence-electron chi connectivity index (χ4n) is 4.44. The van der Waals surface area contributed by atoms with Gasteiger partial charge in [0, 0.05) is 29.9 Å². The Bertz CT molecular complexity index is 714. The van der Waals surface area contributed by atoms with Gasteiger partial charge in [-0.05, 0) is 45.4 Å². The van der Waals surface area contributed by atoms with Crippen LogP contribution < -0.4 is 0 Å². The van der Waals surface area contributed by atoms with Crippen LogP contribution in [0, 0.1) is 11.8 Å². The monoisotopic (exact) mass is 360 g/mol. The van der Waals surface area contributed by atoms with E-state index in [4.69, 9.17) is 9.84 Å². The Morgan fingerprint density at radius 3 is 2.92 bits per heavy atom. The molecule has 5 heteroatoms. The first-order valence-electron chi connectivity index (χ1n) is 9.46. The van der Waals surface area contributed by atoms with Crippen molar-refractivity contribution in [1.82, 2.24) is 0 Å². The maximum Gasteiger partial charge on any atom is 0.330 e. The van der Waals surface area contributed by atoms with Gasteiger partial charge in [0.2, 0.25) is 0 Å². The van der Waals surface area contributed by atoms with Gasteiger partial charge in [-0.25, -0.2) is 4.79 Å². The molecule has 1 unspecified atom stereocenters. The summed E-state index contributed by atoms with van der Waals surface area (Å²) in [5, 5.41) is 19.2. The van der Waals surface area contributed by atoms with E-state index < -0.39 is 17.7 Å². The van der Waals surface area contributed by atoms with E-state index in [1.807, 2.05) is 0 Å². The highest BCUT2D eigenvalue weighted by Gasteiger charge is 2.50. The second kappa shape index (κ2) is 7.03. The van der Waals surface area contributed by atoms with Crippen LogP contribution in [0.4, 0.5) is 0 Å². The summed E-state index contributed by atoms with van der Waals surface area (Å²) in [5.41, 5.74) is 1.95. The van der Waals surface area contributed by atoms with Gasteiger partial charge in [-0.1, -0.05) is 24.6 Å². The highest BCUT2D eigenvalue weighted by molar-refractivity contribution is 5.97. The van der Waals surface area contributed by atoms with Crippen LogP contribution in [-0.2, 0) is 14.3 Å². The quantitative estimate of drug-likeness (QED) is 0.579. The van der Waals surface area contributed by atoms with Crippen LogP contribution in [0.5, 0.6) is 0 Å². The van der Waals surface area contributed by atoms with E-state index in [2.05, 4.69) is 19.9 Å². The molecule has 4 atom stereocenters. The zero-order chi connectivity index (χ0) is 19.1. The number of Topliss-reactive ketones (excluding diaryl/α,β-unsaturated/α-hetero) is 1. The lowest BCUT2D eigenvalue weighted by molar-refractivity contribution is -0.132. The molecule has 0 amide bonds. The number of hydrogen-bond donors (Lipinski definition) is 2. The van der Waals surface area contributed by atoms with Gasteiger partial charge in [0.15, 0.2) is 5.78 Å². The predicted molar refractivity (Wildman–Crippen MR) is 97.4 cm³/mol. The second-order valence-corrected chi connectivity index (χ2v) is 8.07. The molecule has 26 heavy (non-hydrogen) atoms. The topological polar surface area (TPSA) is 83.8 Å². The zero-order valence-electron chi connectivity index (χ0n) is 15.7. The Morgan fingerprint density at radius 2 is 2.23 bits per heavy atom. The van der Waals surface area contributed by atoms with Crippen LogP contribution in [0.25, 0.3) is 0 Å². The number of ketones is 1. The van der Waals surface area contributed by atoms with E-state index in [0.717, 1.165) is 12.8 Å². The molecule has 1 heterocycles. The number of aliphatic carboxylic acids is 1. The van der Waals surface area contributed by atoms with Crippen molar-refractivity contribution in [3.8, 4) is 0 Å². The molecular formula is C21H28O5. The molecule has 142 valence electrons. The van der Waals surface area contributed by atoms with Crippen LogP contribution in [0.1, 0.15) is 59.3 Å². The highest BCUT2D eigenvalue weighted by atomic mass is 16.5. The van der Waals surface area contributed by atoms with Crippen LogP contribution >= 0.6 is 0 Å². The molecule has 2 N–H and O–H groups in total. The number of carboxylic acids is 1. The van der Waals surface area contributed by atoms with Crippen molar-refractivity contribution < 1.29 is 24.5 Å². The first-order valence-corrected chi connectivity index (χ1v) is 9.46. The number of carbonyl (C=O) groups is 2. The molecule has 0 saturated carbocycles. The summed E-state index contributed by atoms with van der Waals surface area (Å²) in [5.74, 6) is 0.178. The van der Waals surface area contributed by atoms with Crippen molar-refractivity contribution in [3.63, 3.8) is 0 Å². The first kappa shape index (κ1) is 18.9. The lowest BCUT2D eigenvalue weighted by Crippen LogP contribution is -2.44. The van der Waals surface area contributed by atoms with Gasteiger partial charge in [0.1, 0.15) is 17.5 Å². The minimum Gasteiger partial charge on any atom is -0.488 e. The fourth-order valence-corrected chi connectivity index (χ4v) is 4.44. The van der Waals surface area contributed by atoms with E-state index in [1.54, 1.807) is 13.0 Å². The van der Waals surface area contributed by atoms with Gasteiger partial charge in [-0.2, -0.15) is 0 Å². The molecule has 0 aromatic heterocycles. The molecule has 2 aliphatic carbocycles. The molecule has 0 aromatic carbocycles. The third-order valence-corrected chi connectivity index (χ3v) is 6.17. The van der Waals surface area contributed by atoms with E-state index in [-0.39, 0.29) is 11.7 Å². The molecule has 1 aliphatic heterocycles. The largest absolute Gasteiger partial charge is 0.488 e. The van der Waals surface area contributed by atoms with E-state index >= 15 is 0 Å². The molecule has 0 radical (unpaired) electrons.